The van der Waals surface area contributed by atoms with Gasteiger partial charge in [-0.2, -0.15) is 0 Å². The third-order valence-electron chi connectivity index (χ3n) is 2.60. The Morgan fingerprint density at radius 3 is 2.69 bits per heavy atom. The van der Waals surface area contributed by atoms with Crippen molar-refractivity contribution in [1.29, 1.82) is 0 Å². The van der Waals surface area contributed by atoms with E-state index in [1.165, 1.54) is 18.4 Å². The molecule has 2 rings (SSSR count). The highest BCUT2D eigenvalue weighted by molar-refractivity contribution is 9.10. The SMILES string of the molecule is COc1cc(CBr)cc(Br)c1OCC1CC1. The smallest absolute Gasteiger partial charge is 0.175 e. The van der Waals surface area contributed by atoms with E-state index in [4.69, 9.17) is 9.47 Å². The van der Waals surface area contributed by atoms with E-state index in [1.807, 2.05) is 6.07 Å². The van der Waals surface area contributed by atoms with Gasteiger partial charge in [-0.25, -0.2) is 0 Å². The molecule has 1 fully saturated rings. The monoisotopic (exact) mass is 348 g/mol. The summed E-state index contributed by atoms with van der Waals surface area (Å²) in [6, 6.07) is 4.06. The molecule has 0 radical (unpaired) electrons. The Hall–Kier alpha value is -0.220. The van der Waals surface area contributed by atoms with E-state index in [0.29, 0.717) is 0 Å². The minimum atomic E-state index is 0.743. The summed E-state index contributed by atoms with van der Waals surface area (Å²) < 4.78 is 12.1. The zero-order valence-electron chi connectivity index (χ0n) is 9.13. The minimum Gasteiger partial charge on any atom is -0.493 e. The van der Waals surface area contributed by atoms with Gasteiger partial charge in [-0.3, -0.25) is 0 Å². The van der Waals surface area contributed by atoms with Gasteiger partial charge in [0.05, 0.1) is 18.2 Å². The van der Waals surface area contributed by atoms with Crippen LogP contribution in [0.4, 0.5) is 0 Å². The van der Waals surface area contributed by atoms with Crippen LogP contribution in [0, 0.1) is 5.92 Å². The van der Waals surface area contributed by atoms with Crippen molar-refractivity contribution >= 4 is 31.9 Å². The van der Waals surface area contributed by atoms with E-state index in [9.17, 15) is 0 Å². The highest BCUT2D eigenvalue weighted by Crippen LogP contribution is 2.39. The zero-order valence-corrected chi connectivity index (χ0v) is 12.3. The second kappa shape index (κ2) is 5.41. The molecular formula is C12H14Br2O2. The van der Waals surface area contributed by atoms with Gasteiger partial charge in [-0.05, 0) is 52.4 Å². The predicted molar refractivity (Wildman–Crippen MR) is 71.5 cm³/mol. The van der Waals surface area contributed by atoms with Crippen LogP contribution in [0.25, 0.3) is 0 Å². The number of rotatable bonds is 5. The van der Waals surface area contributed by atoms with E-state index < -0.39 is 0 Å². The van der Waals surface area contributed by atoms with Crippen molar-refractivity contribution in [3.63, 3.8) is 0 Å². The number of benzene rings is 1. The average Bonchev–Trinajstić information content (AvgIpc) is 3.10. The van der Waals surface area contributed by atoms with Crippen molar-refractivity contribution in [2.45, 2.75) is 18.2 Å². The lowest BCUT2D eigenvalue weighted by Gasteiger charge is -2.13. The lowest BCUT2D eigenvalue weighted by molar-refractivity contribution is 0.278. The molecule has 4 heteroatoms. The van der Waals surface area contributed by atoms with Crippen LogP contribution in [0.1, 0.15) is 18.4 Å². The van der Waals surface area contributed by atoms with Crippen LogP contribution in [0.3, 0.4) is 0 Å². The Bertz CT molecular complexity index is 376. The first-order chi connectivity index (χ1) is 7.74. The molecule has 0 bridgehead atoms. The molecule has 1 aliphatic rings. The van der Waals surface area contributed by atoms with Crippen molar-refractivity contribution in [3.05, 3.63) is 22.2 Å². The van der Waals surface area contributed by atoms with Gasteiger partial charge in [0.25, 0.3) is 0 Å². The molecule has 0 atom stereocenters. The molecule has 1 saturated carbocycles. The van der Waals surface area contributed by atoms with Crippen LogP contribution in [0.5, 0.6) is 11.5 Å². The van der Waals surface area contributed by atoms with E-state index in [1.54, 1.807) is 7.11 Å². The predicted octanol–water partition coefficient (Wildman–Crippen LogP) is 4.14. The van der Waals surface area contributed by atoms with Crippen LogP contribution in [0.2, 0.25) is 0 Å². The standard InChI is InChI=1S/C12H14Br2O2/c1-15-11-5-9(6-13)4-10(14)12(11)16-7-8-2-3-8/h4-5,8H,2-3,6-7H2,1H3. The minimum absolute atomic E-state index is 0.743. The third-order valence-corrected chi connectivity index (χ3v) is 3.84. The molecule has 0 aliphatic heterocycles. The van der Waals surface area contributed by atoms with Gasteiger partial charge in [0.15, 0.2) is 11.5 Å². The highest BCUT2D eigenvalue weighted by atomic mass is 79.9. The van der Waals surface area contributed by atoms with Crippen molar-refractivity contribution in [1.82, 2.24) is 0 Å². The Morgan fingerprint density at radius 1 is 1.38 bits per heavy atom. The van der Waals surface area contributed by atoms with Gasteiger partial charge in [0.1, 0.15) is 0 Å². The molecule has 0 amide bonds. The van der Waals surface area contributed by atoms with E-state index in [-0.39, 0.29) is 0 Å². The first-order valence-corrected chi connectivity index (χ1v) is 7.21. The third kappa shape index (κ3) is 2.92. The van der Waals surface area contributed by atoms with Crippen LogP contribution in [-0.4, -0.2) is 13.7 Å². The number of halogens is 2. The fourth-order valence-electron chi connectivity index (χ4n) is 1.48. The maximum absolute atomic E-state index is 5.80. The van der Waals surface area contributed by atoms with Crippen LogP contribution in [-0.2, 0) is 5.33 Å². The van der Waals surface area contributed by atoms with Gasteiger partial charge in [-0.1, -0.05) is 15.9 Å². The lowest BCUT2D eigenvalue weighted by Crippen LogP contribution is -2.02. The largest absolute Gasteiger partial charge is 0.493 e. The summed E-state index contributed by atoms with van der Waals surface area (Å²) >= 11 is 6.96. The maximum atomic E-state index is 5.80. The number of hydrogen-bond donors (Lipinski definition) is 0. The molecular weight excluding hydrogens is 336 g/mol. The molecule has 88 valence electrons. The molecule has 1 aliphatic carbocycles. The summed E-state index contributed by atoms with van der Waals surface area (Å²) in [5, 5.41) is 0.810. The quantitative estimate of drug-likeness (QED) is 0.744. The molecule has 0 spiro atoms. The molecule has 16 heavy (non-hydrogen) atoms. The summed E-state index contributed by atoms with van der Waals surface area (Å²) in [5.41, 5.74) is 1.17. The first kappa shape index (κ1) is 12.2. The molecule has 0 heterocycles. The summed E-state index contributed by atoms with van der Waals surface area (Å²) in [6.07, 6.45) is 2.58. The summed E-state index contributed by atoms with van der Waals surface area (Å²) in [4.78, 5) is 0. The Morgan fingerprint density at radius 2 is 2.12 bits per heavy atom. The summed E-state index contributed by atoms with van der Waals surface area (Å²) in [5.74, 6) is 2.36. The number of ether oxygens (including phenoxy) is 2. The van der Waals surface area contributed by atoms with Crippen LogP contribution >= 0.6 is 31.9 Å². The van der Waals surface area contributed by atoms with Gasteiger partial charge >= 0.3 is 0 Å². The van der Waals surface area contributed by atoms with Crippen molar-refractivity contribution in [3.8, 4) is 11.5 Å². The second-order valence-electron chi connectivity index (χ2n) is 4.00. The van der Waals surface area contributed by atoms with Gasteiger partial charge in [-0.15, -0.1) is 0 Å². The van der Waals surface area contributed by atoms with Gasteiger partial charge < -0.3 is 9.47 Å². The Balaban J connectivity index is 2.18. The fraction of sp³-hybridized carbons (Fsp3) is 0.500. The summed E-state index contributed by atoms with van der Waals surface area (Å²) in [6.45, 7) is 0.794. The van der Waals surface area contributed by atoms with E-state index in [2.05, 4.69) is 37.9 Å². The van der Waals surface area contributed by atoms with E-state index in [0.717, 1.165) is 33.8 Å². The molecule has 0 unspecified atom stereocenters. The lowest BCUT2D eigenvalue weighted by atomic mass is 10.2. The fourth-order valence-corrected chi connectivity index (χ4v) is 2.40. The molecule has 1 aromatic carbocycles. The topological polar surface area (TPSA) is 18.5 Å². The van der Waals surface area contributed by atoms with E-state index >= 15 is 0 Å². The van der Waals surface area contributed by atoms with Gasteiger partial charge in [0, 0.05) is 5.33 Å². The highest BCUT2D eigenvalue weighted by Gasteiger charge is 2.23. The molecule has 2 nitrogen and oxygen atoms in total. The van der Waals surface area contributed by atoms with Crippen LogP contribution < -0.4 is 9.47 Å². The summed E-state index contributed by atoms with van der Waals surface area (Å²) in [7, 11) is 1.67. The Kier molecular flexibility index (Phi) is 4.14. The molecule has 0 N–H and O–H groups in total. The van der Waals surface area contributed by atoms with Crippen molar-refractivity contribution in [2.24, 2.45) is 5.92 Å². The number of alkyl halides is 1. The molecule has 1 aromatic rings. The van der Waals surface area contributed by atoms with Crippen molar-refractivity contribution < 1.29 is 9.47 Å². The van der Waals surface area contributed by atoms with Gasteiger partial charge in [0.2, 0.25) is 0 Å². The molecule has 0 saturated heterocycles. The average molecular weight is 350 g/mol. The number of hydrogen-bond acceptors (Lipinski definition) is 2. The van der Waals surface area contributed by atoms with Crippen LogP contribution in [0.15, 0.2) is 16.6 Å². The molecule has 0 aromatic heterocycles. The van der Waals surface area contributed by atoms with Crippen molar-refractivity contribution in [2.75, 3.05) is 13.7 Å². The first-order valence-electron chi connectivity index (χ1n) is 5.29. The maximum Gasteiger partial charge on any atom is 0.175 e. The Labute approximate surface area is 113 Å². The zero-order chi connectivity index (χ0) is 11.5. The normalized spacial score (nSPS) is 14.9. The second-order valence-corrected chi connectivity index (χ2v) is 5.41. The number of methoxy groups -OCH3 is 1.